The van der Waals surface area contributed by atoms with Crippen molar-refractivity contribution in [3.05, 3.63) is 46.3 Å². The standard InChI is InChI=1S/C28H44N8O7/c1-28(2,3)43-26(40)34-22(19-23(29)37)25(39)32-15-9-5-8-14-31-24(38)13-18-36(17-10-16-33-35-30)27(41)42-20-21-11-6-4-7-12-21/h4,6-7,11-12,22H,5,8-10,13-20H2,1-3H3,(H2,29,37)(H,31,38)(H,32,39)(H,34,40)/t22-/m1/s1. The van der Waals surface area contributed by atoms with Gasteiger partial charge in [0, 0.05) is 44.1 Å². The molecular weight excluding hydrogens is 560 g/mol. The van der Waals surface area contributed by atoms with Crippen LogP contribution in [0.3, 0.4) is 0 Å². The third-order valence-electron chi connectivity index (χ3n) is 5.71. The fourth-order valence-corrected chi connectivity index (χ4v) is 3.66. The first-order valence-electron chi connectivity index (χ1n) is 14.2. The number of amides is 5. The summed E-state index contributed by atoms with van der Waals surface area (Å²) in [6.45, 7) is 6.48. The number of carbonyl (C=O) groups is 5. The Kier molecular flexibility index (Phi) is 17.3. The molecule has 1 atom stereocenters. The van der Waals surface area contributed by atoms with E-state index in [2.05, 4.69) is 26.0 Å². The van der Waals surface area contributed by atoms with Crippen LogP contribution in [0.2, 0.25) is 0 Å². The minimum atomic E-state index is -1.15. The number of hydrogen-bond donors (Lipinski definition) is 4. The zero-order valence-corrected chi connectivity index (χ0v) is 25.2. The third-order valence-corrected chi connectivity index (χ3v) is 5.71. The van der Waals surface area contributed by atoms with Crippen LogP contribution >= 0.6 is 0 Å². The number of hydrogen-bond acceptors (Lipinski definition) is 8. The molecule has 15 nitrogen and oxygen atoms in total. The number of primary amides is 1. The fraction of sp³-hybridized carbons (Fsp3) is 0.607. The number of unbranched alkanes of at least 4 members (excludes halogenated alkanes) is 2. The number of alkyl carbamates (subject to hydrolysis) is 1. The average Bonchev–Trinajstić information content (AvgIpc) is 2.93. The van der Waals surface area contributed by atoms with E-state index in [0.717, 1.165) is 5.56 Å². The molecule has 0 radical (unpaired) electrons. The molecule has 0 saturated heterocycles. The minimum Gasteiger partial charge on any atom is -0.445 e. The van der Waals surface area contributed by atoms with Crippen LogP contribution < -0.4 is 21.7 Å². The predicted molar refractivity (Wildman–Crippen MR) is 158 cm³/mol. The van der Waals surface area contributed by atoms with Crippen molar-refractivity contribution < 1.29 is 33.4 Å². The quantitative estimate of drug-likeness (QED) is 0.0800. The van der Waals surface area contributed by atoms with Crippen LogP contribution in [0.1, 0.15) is 64.9 Å². The first-order valence-corrected chi connectivity index (χ1v) is 14.2. The SMILES string of the molecule is CC(C)(C)OC(=O)N[C@H](CC(N)=O)C(=O)NCCCCCNC(=O)CCN(CCCN=[N+]=[N-])C(=O)OCc1ccccc1. The van der Waals surface area contributed by atoms with Crippen LogP contribution in [0, 0.1) is 0 Å². The van der Waals surface area contributed by atoms with Gasteiger partial charge in [-0.1, -0.05) is 35.4 Å². The van der Waals surface area contributed by atoms with E-state index in [9.17, 15) is 24.0 Å². The van der Waals surface area contributed by atoms with Crippen molar-refractivity contribution in [1.29, 1.82) is 0 Å². The van der Waals surface area contributed by atoms with E-state index >= 15 is 0 Å². The summed E-state index contributed by atoms with van der Waals surface area (Å²) >= 11 is 0. The smallest absolute Gasteiger partial charge is 0.410 e. The molecule has 238 valence electrons. The summed E-state index contributed by atoms with van der Waals surface area (Å²) in [5.74, 6) is -1.52. The summed E-state index contributed by atoms with van der Waals surface area (Å²) in [5.41, 5.74) is 13.7. The van der Waals surface area contributed by atoms with Gasteiger partial charge in [-0.3, -0.25) is 14.4 Å². The van der Waals surface area contributed by atoms with Crippen molar-refractivity contribution in [3.63, 3.8) is 0 Å². The van der Waals surface area contributed by atoms with E-state index in [1.807, 2.05) is 30.3 Å². The molecule has 0 aromatic heterocycles. The Labute approximate surface area is 251 Å². The van der Waals surface area contributed by atoms with Crippen molar-refractivity contribution >= 4 is 29.9 Å². The molecule has 5 amide bonds. The molecule has 1 aromatic carbocycles. The molecule has 0 aliphatic carbocycles. The lowest BCUT2D eigenvalue weighted by Crippen LogP contribution is -2.50. The van der Waals surface area contributed by atoms with Gasteiger partial charge in [0.15, 0.2) is 0 Å². The maximum Gasteiger partial charge on any atom is 0.410 e. The highest BCUT2D eigenvalue weighted by atomic mass is 16.6. The van der Waals surface area contributed by atoms with Gasteiger partial charge in [0.25, 0.3) is 0 Å². The molecule has 0 fully saturated rings. The zero-order valence-electron chi connectivity index (χ0n) is 25.2. The number of azide groups is 1. The maximum absolute atomic E-state index is 12.6. The van der Waals surface area contributed by atoms with Crippen LogP contribution in [0.5, 0.6) is 0 Å². The lowest BCUT2D eigenvalue weighted by Gasteiger charge is -2.22. The number of carbonyl (C=O) groups excluding carboxylic acids is 5. The number of ether oxygens (including phenoxy) is 2. The lowest BCUT2D eigenvalue weighted by atomic mass is 10.1. The maximum atomic E-state index is 12.6. The third kappa shape index (κ3) is 18.5. The minimum absolute atomic E-state index is 0.0733. The monoisotopic (exact) mass is 604 g/mol. The highest BCUT2D eigenvalue weighted by Crippen LogP contribution is 2.08. The van der Waals surface area contributed by atoms with Gasteiger partial charge in [0.05, 0.1) is 6.42 Å². The first kappa shape index (κ1) is 36.5. The summed E-state index contributed by atoms with van der Waals surface area (Å²) in [6, 6.07) is 8.07. The molecule has 1 aromatic rings. The van der Waals surface area contributed by atoms with Crippen LogP contribution in [0.15, 0.2) is 35.4 Å². The molecule has 0 aliphatic heterocycles. The second kappa shape index (κ2) is 20.4. The largest absolute Gasteiger partial charge is 0.445 e. The van der Waals surface area contributed by atoms with Crippen molar-refractivity contribution in [1.82, 2.24) is 20.9 Å². The van der Waals surface area contributed by atoms with Crippen molar-refractivity contribution in [2.24, 2.45) is 10.8 Å². The molecule has 0 spiro atoms. The number of benzene rings is 1. The Morgan fingerprint density at radius 1 is 1.00 bits per heavy atom. The highest BCUT2D eigenvalue weighted by molar-refractivity contribution is 5.90. The normalized spacial score (nSPS) is 11.3. The molecular formula is C28H44N8O7. The van der Waals surface area contributed by atoms with Crippen molar-refractivity contribution in [2.75, 3.05) is 32.7 Å². The summed E-state index contributed by atoms with van der Waals surface area (Å²) in [5, 5.41) is 11.3. The van der Waals surface area contributed by atoms with E-state index in [-0.39, 0.29) is 45.0 Å². The summed E-state index contributed by atoms with van der Waals surface area (Å²) in [4.78, 5) is 64.8. The lowest BCUT2D eigenvalue weighted by molar-refractivity contribution is -0.127. The van der Waals surface area contributed by atoms with E-state index in [1.54, 1.807) is 20.8 Å². The Morgan fingerprint density at radius 2 is 1.67 bits per heavy atom. The Morgan fingerprint density at radius 3 is 2.30 bits per heavy atom. The Hall–Kier alpha value is -4.52. The summed E-state index contributed by atoms with van der Waals surface area (Å²) in [7, 11) is 0. The number of nitrogens with two attached hydrogens (primary N) is 1. The second-order valence-corrected chi connectivity index (χ2v) is 10.7. The number of nitrogens with one attached hydrogen (secondary N) is 3. The van der Waals surface area contributed by atoms with Crippen LogP contribution in [-0.2, 0) is 30.5 Å². The zero-order chi connectivity index (χ0) is 32.1. The number of rotatable bonds is 19. The molecule has 5 N–H and O–H groups in total. The van der Waals surface area contributed by atoms with Gasteiger partial charge in [-0.15, -0.1) is 0 Å². The van der Waals surface area contributed by atoms with Crippen molar-refractivity contribution in [2.45, 2.75) is 77.5 Å². The Bertz CT molecular complexity index is 1090. The number of nitrogens with zero attached hydrogens (tertiary/aromatic N) is 4. The molecule has 0 unspecified atom stereocenters. The van der Waals surface area contributed by atoms with Gasteiger partial charge < -0.3 is 36.1 Å². The van der Waals surface area contributed by atoms with Gasteiger partial charge in [-0.05, 0) is 57.5 Å². The fourth-order valence-electron chi connectivity index (χ4n) is 3.66. The van der Waals surface area contributed by atoms with Gasteiger partial charge in [-0.25, -0.2) is 9.59 Å². The van der Waals surface area contributed by atoms with Gasteiger partial charge in [0.2, 0.25) is 17.7 Å². The first-order chi connectivity index (χ1) is 20.4. The second-order valence-electron chi connectivity index (χ2n) is 10.7. The van der Waals surface area contributed by atoms with Crippen molar-refractivity contribution in [3.8, 4) is 0 Å². The van der Waals surface area contributed by atoms with Gasteiger partial charge >= 0.3 is 12.2 Å². The highest BCUT2D eigenvalue weighted by Gasteiger charge is 2.25. The van der Waals surface area contributed by atoms with Crippen LogP contribution in [0.4, 0.5) is 9.59 Å². The van der Waals surface area contributed by atoms with E-state index in [1.165, 1.54) is 4.90 Å². The molecule has 1 rings (SSSR count). The molecule has 15 heteroatoms. The van der Waals surface area contributed by atoms with E-state index in [0.29, 0.717) is 38.8 Å². The molecule has 0 bridgehead atoms. The topological polar surface area (TPSA) is 218 Å². The predicted octanol–water partition coefficient (Wildman–Crippen LogP) is 2.89. The van der Waals surface area contributed by atoms with Gasteiger partial charge in [-0.2, -0.15) is 0 Å². The van der Waals surface area contributed by atoms with Gasteiger partial charge in [0.1, 0.15) is 18.2 Å². The summed E-state index contributed by atoms with van der Waals surface area (Å²) < 4.78 is 10.5. The molecule has 43 heavy (non-hydrogen) atoms. The Balaban J connectivity index is 2.36. The molecule has 0 saturated carbocycles. The average molecular weight is 605 g/mol. The van der Waals surface area contributed by atoms with Crippen LogP contribution in [0.25, 0.3) is 10.4 Å². The van der Waals surface area contributed by atoms with Crippen LogP contribution in [-0.4, -0.2) is 79.2 Å². The molecule has 0 aliphatic rings. The van der Waals surface area contributed by atoms with E-state index in [4.69, 9.17) is 20.7 Å². The van der Waals surface area contributed by atoms with E-state index < -0.39 is 35.6 Å². The summed E-state index contributed by atoms with van der Waals surface area (Å²) in [6.07, 6.45) is 0.697. The molecule has 0 heterocycles.